The van der Waals surface area contributed by atoms with Crippen molar-refractivity contribution in [1.82, 2.24) is 5.32 Å². The molecule has 1 amide bonds. The van der Waals surface area contributed by atoms with Gasteiger partial charge < -0.3 is 14.8 Å². The topological polar surface area (TPSA) is 64.6 Å². The van der Waals surface area contributed by atoms with Gasteiger partial charge in [0.05, 0.1) is 17.7 Å². The molecule has 0 radical (unpaired) electrons. The van der Waals surface area contributed by atoms with Gasteiger partial charge in [-0.1, -0.05) is 11.6 Å². The van der Waals surface area contributed by atoms with E-state index < -0.39 is 5.97 Å². The Morgan fingerprint density at radius 1 is 1.43 bits per heavy atom. The third-order valence-corrected chi connectivity index (χ3v) is 3.72. The zero-order valence-electron chi connectivity index (χ0n) is 12.0. The van der Waals surface area contributed by atoms with Gasteiger partial charge in [-0.15, -0.1) is 0 Å². The molecule has 1 fully saturated rings. The fraction of sp³-hybridized carbons (Fsp3) is 0.467. The Bertz CT molecular complexity index is 542. The number of hydrogen-bond acceptors (Lipinski definition) is 4. The van der Waals surface area contributed by atoms with Gasteiger partial charge in [0, 0.05) is 6.04 Å². The third kappa shape index (κ3) is 4.36. The van der Waals surface area contributed by atoms with Gasteiger partial charge in [-0.2, -0.15) is 0 Å². The summed E-state index contributed by atoms with van der Waals surface area (Å²) in [5.41, 5.74) is 0.335. The van der Waals surface area contributed by atoms with Crippen molar-refractivity contribution in [3.05, 3.63) is 28.8 Å². The van der Waals surface area contributed by atoms with Crippen LogP contribution < -0.4 is 10.1 Å². The Hall–Kier alpha value is -1.75. The van der Waals surface area contributed by atoms with Crippen molar-refractivity contribution in [2.24, 2.45) is 5.92 Å². The summed E-state index contributed by atoms with van der Waals surface area (Å²) in [6, 6.07) is 4.72. The molecule has 114 valence electrons. The fourth-order valence-electron chi connectivity index (χ4n) is 2.02. The second-order valence-electron chi connectivity index (χ2n) is 5.12. The van der Waals surface area contributed by atoms with Crippen LogP contribution in [-0.2, 0) is 9.53 Å². The molecule has 1 N–H and O–H groups in total. The SMILES string of the molecule is COC(=O)c1ccc(OCC(=O)NC(C)C2CC2)c(Cl)c1. The summed E-state index contributed by atoms with van der Waals surface area (Å²) >= 11 is 6.02. The van der Waals surface area contributed by atoms with Crippen LogP contribution in [0.1, 0.15) is 30.1 Å². The van der Waals surface area contributed by atoms with Crippen LogP contribution >= 0.6 is 11.6 Å². The van der Waals surface area contributed by atoms with E-state index in [1.54, 1.807) is 6.07 Å². The van der Waals surface area contributed by atoms with Gasteiger partial charge in [0.2, 0.25) is 0 Å². The average Bonchev–Trinajstić information content (AvgIpc) is 3.29. The van der Waals surface area contributed by atoms with E-state index in [0.29, 0.717) is 17.2 Å². The van der Waals surface area contributed by atoms with Crippen molar-refractivity contribution in [2.45, 2.75) is 25.8 Å². The molecule has 1 aliphatic carbocycles. The van der Waals surface area contributed by atoms with Crippen LogP contribution in [0, 0.1) is 5.92 Å². The third-order valence-electron chi connectivity index (χ3n) is 3.43. The van der Waals surface area contributed by atoms with Gasteiger partial charge in [0.15, 0.2) is 6.61 Å². The molecule has 0 bridgehead atoms. The molecule has 6 heteroatoms. The van der Waals surface area contributed by atoms with Crippen LogP contribution in [0.15, 0.2) is 18.2 Å². The number of benzene rings is 1. The first-order valence-electron chi connectivity index (χ1n) is 6.81. The van der Waals surface area contributed by atoms with E-state index in [2.05, 4.69) is 10.1 Å². The van der Waals surface area contributed by atoms with Crippen LogP contribution in [0.2, 0.25) is 5.02 Å². The molecule has 1 aromatic rings. The predicted molar refractivity (Wildman–Crippen MR) is 78.6 cm³/mol. The van der Waals surface area contributed by atoms with Crippen LogP contribution in [0.3, 0.4) is 0 Å². The van der Waals surface area contributed by atoms with Crippen molar-refractivity contribution in [2.75, 3.05) is 13.7 Å². The summed E-state index contributed by atoms with van der Waals surface area (Å²) in [6.07, 6.45) is 2.34. The van der Waals surface area contributed by atoms with E-state index in [0.717, 1.165) is 0 Å². The summed E-state index contributed by atoms with van der Waals surface area (Å²) < 4.78 is 9.97. The maximum Gasteiger partial charge on any atom is 0.337 e. The van der Waals surface area contributed by atoms with E-state index in [1.165, 1.54) is 32.1 Å². The van der Waals surface area contributed by atoms with Crippen molar-refractivity contribution in [3.63, 3.8) is 0 Å². The Morgan fingerprint density at radius 3 is 2.71 bits per heavy atom. The Kier molecular flexibility index (Phi) is 5.07. The van der Waals surface area contributed by atoms with Gasteiger partial charge in [-0.25, -0.2) is 4.79 Å². The number of esters is 1. The van der Waals surface area contributed by atoms with Crippen molar-refractivity contribution < 1.29 is 19.1 Å². The van der Waals surface area contributed by atoms with Crippen LogP contribution in [-0.4, -0.2) is 31.6 Å². The van der Waals surface area contributed by atoms with E-state index in [4.69, 9.17) is 16.3 Å². The first kappa shape index (κ1) is 15.6. The highest BCUT2D eigenvalue weighted by Gasteiger charge is 2.28. The second kappa shape index (κ2) is 6.80. The van der Waals surface area contributed by atoms with Gasteiger partial charge in [0.1, 0.15) is 5.75 Å². The molecule has 0 spiro atoms. The minimum Gasteiger partial charge on any atom is -0.482 e. The summed E-state index contributed by atoms with van der Waals surface area (Å²) in [5.74, 6) is 0.303. The molecule has 1 atom stereocenters. The average molecular weight is 312 g/mol. The Morgan fingerprint density at radius 2 is 2.14 bits per heavy atom. The molecule has 0 aromatic heterocycles. The minimum absolute atomic E-state index is 0.103. The van der Waals surface area contributed by atoms with Crippen molar-refractivity contribution >= 4 is 23.5 Å². The van der Waals surface area contributed by atoms with Crippen LogP contribution in [0.5, 0.6) is 5.75 Å². The number of rotatable bonds is 6. The summed E-state index contributed by atoms with van der Waals surface area (Å²) in [7, 11) is 1.30. The molecule has 0 saturated heterocycles. The lowest BCUT2D eigenvalue weighted by Crippen LogP contribution is -2.37. The number of amides is 1. The molecule has 21 heavy (non-hydrogen) atoms. The number of halogens is 1. The maximum atomic E-state index is 11.7. The number of carbonyl (C=O) groups is 2. The molecule has 1 saturated carbocycles. The summed E-state index contributed by atoms with van der Waals surface area (Å²) in [6.45, 7) is 1.89. The normalized spacial score (nSPS) is 15.2. The Labute approximate surface area is 128 Å². The molecule has 1 aromatic carbocycles. The van der Waals surface area contributed by atoms with Gasteiger partial charge in [0.25, 0.3) is 5.91 Å². The minimum atomic E-state index is -0.473. The fourth-order valence-corrected chi connectivity index (χ4v) is 2.25. The largest absolute Gasteiger partial charge is 0.482 e. The highest BCUT2D eigenvalue weighted by Crippen LogP contribution is 2.32. The quantitative estimate of drug-likeness (QED) is 0.819. The zero-order chi connectivity index (χ0) is 15.4. The molecular formula is C15H18ClNO4. The van der Waals surface area contributed by atoms with Gasteiger partial charge in [-0.05, 0) is 43.9 Å². The Balaban J connectivity index is 1.87. The first-order chi connectivity index (χ1) is 10.0. The molecular weight excluding hydrogens is 294 g/mol. The molecule has 1 unspecified atom stereocenters. The van der Waals surface area contributed by atoms with Gasteiger partial charge in [-0.3, -0.25) is 4.79 Å². The lowest BCUT2D eigenvalue weighted by Gasteiger charge is -2.13. The highest BCUT2D eigenvalue weighted by atomic mass is 35.5. The lowest BCUT2D eigenvalue weighted by atomic mass is 10.2. The number of carbonyl (C=O) groups excluding carboxylic acids is 2. The molecule has 0 aliphatic heterocycles. The monoisotopic (exact) mass is 311 g/mol. The van der Waals surface area contributed by atoms with Crippen molar-refractivity contribution in [3.8, 4) is 5.75 Å². The standard InChI is InChI=1S/C15H18ClNO4/c1-9(10-3-4-10)17-14(18)8-21-13-6-5-11(7-12(13)16)15(19)20-2/h5-7,9-10H,3-4,8H2,1-2H3,(H,17,18). The number of hydrogen-bond donors (Lipinski definition) is 1. The maximum absolute atomic E-state index is 11.7. The van der Waals surface area contributed by atoms with Gasteiger partial charge >= 0.3 is 5.97 Å². The summed E-state index contributed by atoms with van der Waals surface area (Å²) in [4.78, 5) is 23.1. The van der Waals surface area contributed by atoms with Crippen molar-refractivity contribution in [1.29, 1.82) is 0 Å². The summed E-state index contributed by atoms with van der Waals surface area (Å²) in [5, 5.41) is 3.15. The van der Waals surface area contributed by atoms with E-state index >= 15 is 0 Å². The molecule has 1 aliphatic rings. The lowest BCUT2D eigenvalue weighted by molar-refractivity contribution is -0.123. The predicted octanol–water partition coefficient (Wildman–Crippen LogP) is 2.42. The second-order valence-corrected chi connectivity index (χ2v) is 5.53. The highest BCUT2D eigenvalue weighted by molar-refractivity contribution is 6.32. The number of ether oxygens (including phenoxy) is 2. The van der Waals surface area contributed by atoms with Crippen LogP contribution in [0.25, 0.3) is 0 Å². The zero-order valence-corrected chi connectivity index (χ0v) is 12.8. The molecule has 0 heterocycles. The molecule has 5 nitrogen and oxygen atoms in total. The van der Waals surface area contributed by atoms with E-state index in [1.807, 2.05) is 6.92 Å². The van der Waals surface area contributed by atoms with E-state index in [-0.39, 0.29) is 23.6 Å². The number of methoxy groups -OCH3 is 1. The van der Waals surface area contributed by atoms with E-state index in [9.17, 15) is 9.59 Å². The van der Waals surface area contributed by atoms with Crippen LogP contribution in [0.4, 0.5) is 0 Å². The molecule has 2 rings (SSSR count). The smallest absolute Gasteiger partial charge is 0.337 e. The number of nitrogens with one attached hydrogen (secondary N) is 1. The first-order valence-corrected chi connectivity index (χ1v) is 7.19.